The van der Waals surface area contributed by atoms with E-state index in [1.165, 1.54) is 51.4 Å². The van der Waals surface area contributed by atoms with E-state index in [0.717, 1.165) is 0 Å². The Hall–Kier alpha value is -2.10. The highest BCUT2D eigenvalue weighted by molar-refractivity contribution is 7.84. The Morgan fingerprint density at radius 1 is 1.23 bits per heavy atom. The van der Waals surface area contributed by atoms with Crippen molar-refractivity contribution in [3.05, 3.63) is 57.5 Å². The van der Waals surface area contributed by atoms with Gasteiger partial charge in [-0.15, -0.1) is 12.6 Å². The van der Waals surface area contributed by atoms with Gasteiger partial charge in [0, 0.05) is 11.3 Å². The molecule has 2 heterocycles. The van der Waals surface area contributed by atoms with Gasteiger partial charge in [-0.05, 0) is 57.5 Å². The number of hydrogen-bond donors (Lipinski definition) is 3. The van der Waals surface area contributed by atoms with Crippen LogP contribution in [0.1, 0.15) is 44.6 Å². The van der Waals surface area contributed by atoms with Crippen molar-refractivity contribution in [3.63, 3.8) is 0 Å². The second-order valence-corrected chi connectivity index (χ2v) is 6.84. The number of dihydropyridines is 1. The van der Waals surface area contributed by atoms with Crippen LogP contribution in [0.4, 0.5) is 4.39 Å². The molecular weight excluding hydrogens is 349 g/mol. The van der Waals surface area contributed by atoms with E-state index in [-0.39, 0.29) is 11.6 Å². The van der Waals surface area contributed by atoms with Crippen molar-refractivity contribution in [2.45, 2.75) is 39.0 Å². The summed E-state index contributed by atoms with van der Waals surface area (Å²) in [6, 6.07) is 7.88. The molecule has 1 aromatic carbocycles. The molecule has 1 saturated heterocycles. The van der Waals surface area contributed by atoms with E-state index in [0.29, 0.717) is 27.4 Å². The summed E-state index contributed by atoms with van der Waals surface area (Å²) in [6.45, 7) is 5.72. The number of Topliss-reactive ketones (excluding diaryl/α,β-unsaturated/α-hetero) is 1. The van der Waals surface area contributed by atoms with Gasteiger partial charge in [-0.1, -0.05) is 18.6 Å². The first-order chi connectivity index (χ1) is 12.5. The van der Waals surface area contributed by atoms with Crippen LogP contribution in [0.2, 0.25) is 0 Å². The maximum atomic E-state index is 13.1. The Balaban J connectivity index is 0.000000342. The third kappa shape index (κ3) is 4.96. The standard InChI is InChI=1S/C15H13FN2OS.C5H11N/c1-8-13(9(2)19)14(12(7-17)15(20)18-8)10-3-5-11(16)6-4-10;1-2-4-6-5-3-1/h3-6,14,18,20H,1-2H3;6H,1-5H2. The van der Waals surface area contributed by atoms with Gasteiger partial charge in [0.05, 0.1) is 22.6 Å². The lowest BCUT2D eigenvalue weighted by Crippen LogP contribution is -2.26. The van der Waals surface area contributed by atoms with E-state index in [1.54, 1.807) is 19.1 Å². The van der Waals surface area contributed by atoms with Crippen LogP contribution in [0.25, 0.3) is 0 Å². The molecule has 1 fully saturated rings. The second kappa shape index (κ2) is 9.56. The zero-order chi connectivity index (χ0) is 19.1. The molecule has 0 bridgehead atoms. The molecular formula is C20H24FN3OS. The minimum Gasteiger partial charge on any atom is -0.353 e. The summed E-state index contributed by atoms with van der Waals surface area (Å²) < 4.78 is 13.1. The second-order valence-electron chi connectivity index (χ2n) is 6.39. The minimum absolute atomic E-state index is 0.127. The van der Waals surface area contributed by atoms with Crippen molar-refractivity contribution in [1.29, 1.82) is 5.26 Å². The molecule has 26 heavy (non-hydrogen) atoms. The predicted molar refractivity (Wildman–Crippen MR) is 104 cm³/mol. The Kier molecular flexibility index (Phi) is 7.43. The molecule has 1 atom stereocenters. The number of rotatable bonds is 2. The summed E-state index contributed by atoms with van der Waals surface area (Å²) in [5, 5.41) is 16.0. The maximum absolute atomic E-state index is 13.1. The first-order valence-corrected chi connectivity index (χ1v) is 9.18. The van der Waals surface area contributed by atoms with Crippen LogP contribution in [-0.4, -0.2) is 18.9 Å². The number of hydrogen-bond acceptors (Lipinski definition) is 5. The number of nitrogens with one attached hydrogen (secondary N) is 2. The summed E-state index contributed by atoms with van der Waals surface area (Å²) in [5.74, 6) is -0.994. The van der Waals surface area contributed by atoms with E-state index in [2.05, 4.69) is 29.3 Å². The molecule has 0 aromatic heterocycles. The van der Waals surface area contributed by atoms with Crippen molar-refractivity contribution in [2.75, 3.05) is 13.1 Å². The highest BCUT2D eigenvalue weighted by atomic mass is 32.1. The van der Waals surface area contributed by atoms with Crippen LogP contribution in [0.3, 0.4) is 0 Å². The van der Waals surface area contributed by atoms with Gasteiger partial charge in [-0.25, -0.2) is 4.39 Å². The number of benzene rings is 1. The fourth-order valence-electron chi connectivity index (χ4n) is 3.18. The number of piperidine rings is 1. The van der Waals surface area contributed by atoms with Crippen LogP contribution in [-0.2, 0) is 4.79 Å². The molecule has 3 rings (SSSR count). The van der Waals surface area contributed by atoms with E-state index in [1.807, 2.05) is 0 Å². The third-order valence-corrected chi connectivity index (χ3v) is 4.81. The molecule has 6 heteroatoms. The number of nitrogens with zero attached hydrogens (tertiary/aromatic N) is 1. The topological polar surface area (TPSA) is 64.9 Å². The number of nitriles is 1. The van der Waals surface area contributed by atoms with Gasteiger partial charge in [-0.2, -0.15) is 5.26 Å². The molecule has 2 N–H and O–H groups in total. The van der Waals surface area contributed by atoms with Gasteiger partial charge < -0.3 is 10.6 Å². The molecule has 2 aliphatic rings. The van der Waals surface area contributed by atoms with E-state index in [4.69, 9.17) is 0 Å². The lowest BCUT2D eigenvalue weighted by molar-refractivity contribution is -0.113. The zero-order valence-electron chi connectivity index (χ0n) is 15.1. The number of halogens is 1. The molecule has 4 nitrogen and oxygen atoms in total. The highest BCUT2D eigenvalue weighted by Gasteiger charge is 2.31. The van der Waals surface area contributed by atoms with E-state index < -0.39 is 5.92 Å². The van der Waals surface area contributed by atoms with E-state index in [9.17, 15) is 14.4 Å². The summed E-state index contributed by atoms with van der Waals surface area (Å²) in [4.78, 5) is 11.9. The van der Waals surface area contributed by atoms with Crippen molar-refractivity contribution in [3.8, 4) is 6.07 Å². The molecule has 0 saturated carbocycles. The van der Waals surface area contributed by atoms with Gasteiger partial charge in [0.15, 0.2) is 5.78 Å². The Morgan fingerprint density at radius 3 is 2.27 bits per heavy atom. The Morgan fingerprint density at radius 2 is 1.85 bits per heavy atom. The fourth-order valence-corrected chi connectivity index (χ4v) is 3.53. The SMILES string of the molecule is C1CCNCC1.CC(=O)C1=C(C)NC(S)=C(C#N)C1c1ccc(F)cc1. The van der Waals surface area contributed by atoms with Crippen molar-refractivity contribution < 1.29 is 9.18 Å². The number of ketones is 1. The lowest BCUT2D eigenvalue weighted by atomic mass is 9.81. The molecule has 138 valence electrons. The highest BCUT2D eigenvalue weighted by Crippen LogP contribution is 2.38. The molecule has 2 aliphatic heterocycles. The average molecular weight is 373 g/mol. The summed E-state index contributed by atoms with van der Waals surface area (Å²) >= 11 is 4.26. The van der Waals surface area contributed by atoms with Crippen molar-refractivity contribution in [2.24, 2.45) is 0 Å². The Bertz CT molecular complexity index is 747. The molecule has 0 spiro atoms. The zero-order valence-corrected chi connectivity index (χ0v) is 16.0. The first-order valence-electron chi connectivity index (χ1n) is 8.73. The predicted octanol–water partition coefficient (Wildman–Crippen LogP) is 3.80. The van der Waals surface area contributed by atoms with Gasteiger partial charge in [0.2, 0.25) is 0 Å². The number of thiol groups is 1. The molecule has 0 radical (unpaired) electrons. The number of carbonyl (C=O) groups excluding carboxylic acids is 1. The van der Waals surface area contributed by atoms with Crippen LogP contribution < -0.4 is 10.6 Å². The number of allylic oxidation sites excluding steroid dienone is 3. The van der Waals surface area contributed by atoms with Gasteiger partial charge in [0.1, 0.15) is 5.82 Å². The van der Waals surface area contributed by atoms with Gasteiger partial charge in [0.25, 0.3) is 0 Å². The Labute approximate surface area is 159 Å². The lowest BCUT2D eigenvalue weighted by Gasteiger charge is -2.27. The summed E-state index contributed by atoms with van der Waals surface area (Å²) in [7, 11) is 0. The molecule has 0 amide bonds. The van der Waals surface area contributed by atoms with Gasteiger partial charge >= 0.3 is 0 Å². The molecule has 1 aromatic rings. The third-order valence-electron chi connectivity index (χ3n) is 4.45. The fraction of sp³-hybridized carbons (Fsp3) is 0.400. The smallest absolute Gasteiger partial charge is 0.158 e. The molecule has 1 unspecified atom stereocenters. The summed E-state index contributed by atoms with van der Waals surface area (Å²) in [6.07, 6.45) is 4.22. The van der Waals surface area contributed by atoms with Crippen LogP contribution in [0.15, 0.2) is 46.1 Å². The quantitative estimate of drug-likeness (QED) is 0.690. The minimum atomic E-state index is -0.508. The summed E-state index contributed by atoms with van der Waals surface area (Å²) in [5.41, 5.74) is 2.22. The van der Waals surface area contributed by atoms with Crippen LogP contribution in [0.5, 0.6) is 0 Å². The van der Waals surface area contributed by atoms with E-state index >= 15 is 0 Å². The van der Waals surface area contributed by atoms with Crippen LogP contribution >= 0.6 is 12.6 Å². The monoisotopic (exact) mass is 373 g/mol. The van der Waals surface area contributed by atoms with Crippen molar-refractivity contribution >= 4 is 18.4 Å². The average Bonchev–Trinajstić information content (AvgIpc) is 2.63. The van der Waals surface area contributed by atoms with Crippen molar-refractivity contribution in [1.82, 2.24) is 10.6 Å². The number of carbonyl (C=O) groups is 1. The molecule has 0 aliphatic carbocycles. The first kappa shape index (κ1) is 20.2. The normalized spacial score (nSPS) is 19.9. The van der Waals surface area contributed by atoms with Gasteiger partial charge in [-0.3, -0.25) is 4.79 Å². The maximum Gasteiger partial charge on any atom is 0.158 e. The largest absolute Gasteiger partial charge is 0.353 e. The van der Waals surface area contributed by atoms with Crippen LogP contribution in [0, 0.1) is 17.1 Å².